The molecule has 0 saturated carbocycles. The van der Waals surface area contributed by atoms with E-state index in [1.807, 2.05) is 32.0 Å². The maximum absolute atomic E-state index is 12.5. The summed E-state index contributed by atoms with van der Waals surface area (Å²) in [5, 5.41) is 8.61. The number of nitrogens with zero attached hydrogens (tertiary/aromatic N) is 2. The van der Waals surface area contributed by atoms with E-state index in [0.29, 0.717) is 17.3 Å². The average molecular weight is 375 g/mol. The molecule has 1 aromatic heterocycles. The number of aryl methyl sites for hydroxylation is 2. The van der Waals surface area contributed by atoms with Crippen LogP contribution in [0.2, 0.25) is 0 Å². The van der Waals surface area contributed by atoms with Crippen molar-refractivity contribution in [1.82, 2.24) is 9.97 Å². The predicted molar refractivity (Wildman–Crippen MR) is 110 cm³/mol. The van der Waals surface area contributed by atoms with Crippen LogP contribution in [0.5, 0.6) is 0 Å². The van der Waals surface area contributed by atoms with Crippen molar-refractivity contribution < 1.29 is 9.59 Å². The molecule has 0 radical (unpaired) electrons. The molecule has 142 valence electrons. The number of carbonyl (C=O) groups excluding carboxylic acids is 2. The van der Waals surface area contributed by atoms with E-state index in [-0.39, 0.29) is 17.5 Å². The van der Waals surface area contributed by atoms with Crippen molar-refractivity contribution in [2.45, 2.75) is 20.8 Å². The fourth-order valence-corrected chi connectivity index (χ4v) is 2.57. The number of carbonyl (C=O) groups is 2. The van der Waals surface area contributed by atoms with Gasteiger partial charge in [-0.15, -0.1) is 0 Å². The smallest absolute Gasteiger partial charge is 0.274 e. The number of hydrogen-bond acceptors (Lipinski definition) is 5. The first-order valence-corrected chi connectivity index (χ1v) is 8.77. The minimum atomic E-state index is -0.348. The SMILES string of the molecule is CC(=O)Nc1ccc(NC(=O)c2ccnc(Nc3cc(C)ccc3C)n2)cc1. The largest absolute Gasteiger partial charge is 0.326 e. The summed E-state index contributed by atoms with van der Waals surface area (Å²) in [7, 11) is 0. The Morgan fingerprint density at radius 1 is 0.893 bits per heavy atom. The molecule has 2 aromatic carbocycles. The van der Waals surface area contributed by atoms with Crippen LogP contribution in [0.15, 0.2) is 54.7 Å². The number of aromatic nitrogens is 2. The van der Waals surface area contributed by atoms with Crippen LogP contribution in [0.1, 0.15) is 28.5 Å². The monoisotopic (exact) mass is 375 g/mol. The summed E-state index contributed by atoms with van der Waals surface area (Å²) >= 11 is 0. The first-order valence-electron chi connectivity index (χ1n) is 8.77. The molecule has 0 aliphatic rings. The third kappa shape index (κ3) is 4.91. The molecule has 0 spiro atoms. The van der Waals surface area contributed by atoms with E-state index in [1.54, 1.807) is 30.3 Å². The summed E-state index contributed by atoms with van der Waals surface area (Å²) in [6.07, 6.45) is 1.54. The molecule has 0 saturated heterocycles. The lowest BCUT2D eigenvalue weighted by Crippen LogP contribution is -2.15. The number of anilines is 4. The quantitative estimate of drug-likeness (QED) is 0.625. The van der Waals surface area contributed by atoms with Gasteiger partial charge in [-0.25, -0.2) is 9.97 Å². The van der Waals surface area contributed by atoms with Crippen molar-refractivity contribution >= 4 is 34.8 Å². The van der Waals surface area contributed by atoms with Crippen LogP contribution >= 0.6 is 0 Å². The van der Waals surface area contributed by atoms with Gasteiger partial charge in [-0.3, -0.25) is 9.59 Å². The van der Waals surface area contributed by atoms with Crippen LogP contribution < -0.4 is 16.0 Å². The van der Waals surface area contributed by atoms with E-state index >= 15 is 0 Å². The van der Waals surface area contributed by atoms with Crippen molar-refractivity contribution in [2.24, 2.45) is 0 Å². The maximum atomic E-state index is 12.5. The molecule has 0 aliphatic heterocycles. The van der Waals surface area contributed by atoms with Gasteiger partial charge in [-0.2, -0.15) is 0 Å². The molecule has 3 N–H and O–H groups in total. The van der Waals surface area contributed by atoms with Crippen LogP contribution in [0.3, 0.4) is 0 Å². The molecule has 0 fully saturated rings. The Hall–Kier alpha value is -3.74. The lowest BCUT2D eigenvalue weighted by Gasteiger charge is -2.10. The molecule has 0 bridgehead atoms. The van der Waals surface area contributed by atoms with Gasteiger partial charge in [0, 0.05) is 30.2 Å². The van der Waals surface area contributed by atoms with E-state index in [2.05, 4.69) is 25.9 Å². The van der Waals surface area contributed by atoms with Gasteiger partial charge in [0.15, 0.2) is 0 Å². The fourth-order valence-electron chi connectivity index (χ4n) is 2.57. The van der Waals surface area contributed by atoms with Gasteiger partial charge in [0.05, 0.1) is 0 Å². The Kier molecular flexibility index (Phi) is 5.64. The van der Waals surface area contributed by atoms with Gasteiger partial charge in [0.2, 0.25) is 11.9 Å². The zero-order chi connectivity index (χ0) is 20.1. The van der Waals surface area contributed by atoms with Crippen molar-refractivity contribution in [1.29, 1.82) is 0 Å². The molecule has 3 rings (SSSR count). The number of benzene rings is 2. The van der Waals surface area contributed by atoms with Crippen molar-refractivity contribution in [3.05, 3.63) is 71.5 Å². The van der Waals surface area contributed by atoms with E-state index in [0.717, 1.165) is 16.8 Å². The normalized spacial score (nSPS) is 10.2. The van der Waals surface area contributed by atoms with E-state index in [9.17, 15) is 9.59 Å². The van der Waals surface area contributed by atoms with Gasteiger partial charge in [-0.1, -0.05) is 12.1 Å². The van der Waals surface area contributed by atoms with Crippen LogP contribution in [-0.2, 0) is 4.79 Å². The molecule has 0 atom stereocenters. The van der Waals surface area contributed by atoms with E-state index in [1.165, 1.54) is 13.1 Å². The van der Waals surface area contributed by atoms with Crippen molar-refractivity contribution in [3.8, 4) is 0 Å². The first kappa shape index (κ1) is 19.0. The second-order valence-corrected chi connectivity index (χ2v) is 6.42. The van der Waals surface area contributed by atoms with Gasteiger partial charge < -0.3 is 16.0 Å². The highest BCUT2D eigenvalue weighted by Gasteiger charge is 2.10. The van der Waals surface area contributed by atoms with Crippen LogP contribution in [-0.4, -0.2) is 21.8 Å². The summed E-state index contributed by atoms with van der Waals surface area (Å²) in [6, 6.07) is 14.4. The van der Waals surface area contributed by atoms with Crippen molar-refractivity contribution in [2.75, 3.05) is 16.0 Å². The molecule has 7 heteroatoms. The zero-order valence-corrected chi connectivity index (χ0v) is 15.9. The van der Waals surface area contributed by atoms with Crippen molar-refractivity contribution in [3.63, 3.8) is 0 Å². The minimum Gasteiger partial charge on any atom is -0.326 e. The molecular weight excluding hydrogens is 354 g/mol. The molecule has 0 aliphatic carbocycles. The summed E-state index contributed by atoms with van der Waals surface area (Å²) in [5.41, 5.74) is 4.57. The number of rotatable bonds is 5. The Morgan fingerprint density at radius 2 is 1.57 bits per heavy atom. The number of nitrogens with one attached hydrogen (secondary N) is 3. The summed E-state index contributed by atoms with van der Waals surface area (Å²) in [5.74, 6) is -0.150. The Morgan fingerprint density at radius 3 is 2.25 bits per heavy atom. The first-order chi connectivity index (χ1) is 13.4. The Balaban J connectivity index is 1.71. The Labute approximate surface area is 163 Å². The van der Waals surface area contributed by atoms with E-state index in [4.69, 9.17) is 0 Å². The lowest BCUT2D eigenvalue weighted by atomic mass is 10.1. The van der Waals surface area contributed by atoms with Gasteiger partial charge in [0.25, 0.3) is 5.91 Å². The van der Waals surface area contributed by atoms with Gasteiger partial charge in [-0.05, 0) is 61.4 Å². The maximum Gasteiger partial charge on any atom is 0.274 e. The van der Waals surface area contributed by atoms with Crippen LogP contribution in [0, 0.1) is 13.8 Å². The van der Waals surface area contributed by atoms with Crippen LogP contribution in [0.4, 0.5) is 23.0 Å². The molecule has 28 heavy (non-hydrogen) atoms. The number of amides is 2. The molecule has 1 heterocycles. The highest BCUT2D eigenvalue weighted by molar-refractivity contribution is 6.03. The van der Waals surface area contributed by atoms with Gasteiger partial charge in [0.1, 0.15) is 5.69 Å². The summed E-state index contributed by atoms with van der Waals surface area (Å²) in [6.45, 7) is 5.43. The zero-order valence-electron chi connectivity index (χ0n) is 15.9. The topological polar surface area (TPSA) is 96.0 Å². The molecule has 3 aromatic rings. The summed E-state index contributed by atoms with van der Waals surface area (Å²) in [4.78, 5) is 32.1. The Bertz CT molecular complexity index is 1020. The lowest BCUT2D eigenvalue weighted by molar-refractivity contribution is -0.114. The number of hydrogen-bond donors (Lipinski definition) is 3. The second-order valence-electron chi connectivity index (χ2n) is 6.42. The molecule has 2 amide bonds. The highest BCUT2D eigenvalue weighted by atomic mass is 16.2. The fraction of sp³-hybridized carbons (Fsp3) is 0.143. The molecule has 7 nitrogen and oxygen atoms in total. The molecule has 0 unspecified atom stereocenters. The summed E-state index contributed by atoms with van der Waals surface area (Å²) < 4.78 is 0. The molecular formula is C21H21N5O2. The minimum absolute atomic E-state index is 0.151. The average Bonchev–Trinajstić information content (AvgIpc) is 2.66. The second kappa shape index (κ2) is 8.30. The predicted octanol–water partition coefficient (Wildman–Crippen LogP) is 4.05. The standard InChI is InChI=1S/C21H21N5O2/c1-13-4-5-14(2)19(12-13)26-21-22-11-10-18(25-21)20(28)24-17-8-6-16(7-9-17)23-15(3)27/h4-12H,1-3H3,(H,23,27)(H,24,28)(H,22,25,26). The van der Waals surface area contributed by atoms with E-state index < -0.39 is 0 Å². The third-order valence-electron chi connectivity index (χ3n) is 3.99. The van der Waals surface area contributed by atoms with Gasteiger partial charge >= 0.3 is 0 Å². The van der Waals surface area contributed by atoms with Crippen LogP contribution in [0.25, 0.3) is 0 Å². The third-order valence-corrected chi connectivity index (χ3v) is 3.99. The highest BCUT2D eigenvalue weighted by Crippen LogP contribution is 2.20.